The van der Waals surface area contributed by atoms with Gasteiger partial charge in [0, 0.05) is 0 Å². The molecule has 1 nitrogen and oxygen atoms in total. The van der Waals surface area contributed by atoms with Gasteiger partial charge >= 0.3 is 6.61 Å². The number of hydrogen-bond donors (Lipinski definition) is 0. The summed E-state index contributed by atoms with van der Waals surface area (Å²) >= 11 is 0. The SMILES string of the molecule is C=CCc1cccc(OC(F)F)c1. The Kier molecular flexibility index (Phi) is 3.43. The van der Waals surface area contributed by atoms with E-state index in [4.69, 9.17) is 0 Å². The third-order valence-electron chi connectivity index (χ3n) is 1.50. The van der Waals surface area contributed by atoms with Gasteiger partial charge in [0.05, 0.1) is 0 Å². The lowest BCUT2D eigenvalue weighted by Gasteiger charge is -2.05. The molecule has 0 radical (unpaired) electrons. The van der Waals surface area contributed by atoms with Crippen LogP contribution in [0.2, 0.25) is 0 Å². The summed E-state index contributed by atoms with van der Waals surface area (Å²) in [6.07, 6.45) is 2.36. The fraction of sp³-hybridized carbons (Fsp3) is 0.200. The highest BCUT2D eigenvalue weighted by molar-refractivity contribution is 5.29. The standard InChI is InChI=1S/C10H10F2O/c1-2-4-8-5-3-6-9(7-8)13-10(11)12/h2-3,5-7,10H,1,4H2. The summed E-state index contributed by atoms with van der Waals surface area (Å²) in [5.74, 6) is 0.189. The molecule has 13 heavy (non-hydrogen) atoms. The van der Waals surface area contributed by atoms with Crippen LogP contribution in [-0.4, -0.2) is 6.61 Å². The van der Waals surface area contributed by atoms with Gasteiger partial charge in [-0.2, -0.15) is 8.78 Å². The molecule has 0 amide bonds. The zero-order valence-electron chi connectivity index (χ0n) is 7.04. The molecule has 0 bridgehead atoms. The molecule has 0 aliphatic carbocycles. The maximum atomic E-state index is 11.8. The fourth-order valence-corrected chi connectivity index (χ4v) is 1.02. The number of rotatable bonds is 4. The van der Waals surface area contributed by atoms with Crippen molar-refractivity contribution >= 4 is 0 Å². The van der Waals surface area contributed by atoms with E-state index in [9.17, 15) is 8.78 Å². The second-order valence-electron chi connectivity index (χ2n) is 2.52. The Balaban J connectivity index is 2.72. The smallest absolute Gasteiger partial charge is 0.387 e. The van der Waals surface area contributed by atoms with Crippen molar-refractivity contribution in [3.63, 3.8) is 0 Å². The average molecular weight is 184 g/mol. The number of allylic oxidation sites excluding steroid dienone is 1. The third-order valence-corrected chi connectivity index (χ3v) is 1.50. The van der Waals surface area contributed by atoms with Crippen molar-refractivity contribution in [2.75, 3.05) is 0 Å². The molecule has 0 aliphatic rings. The molecule has 70 valence electrons. The first-order valence-corrected chi connectivity index (χ1v) is 3.87. The van der Waals surface area contributed by atoms with Crippen molar-refractivity contribution in [2.45, 2.75) is 13.0 Å². The molecule has 0 unspecified atom stereocenters. The van der Waals surface area contributed by atoms with E-state index in [1.165, 1.54) is 6.07 Å². The summed E-state index contributed by atoms with van der Waals surface area (Å²) in [6, 6.07) is 6.59. The molecule has 0 saturated heterocycles. The molecule has 0 aliphatic heterocycles. The molecule has 0 saturated carbocycles. The monoisotopic (exact) mass is 184 g/mol. The lowest BCUT2D eigenvalue weighted by atomic mass is 10.1. The molecule has 0 heterocycles. The zero-order valence-corrected chi connectivity index (χ0v) is 7.04. The Hall–Kier alpha value is -1.38. The van der Waals surface area contributed by atoms with Crippen LogP contribution in [-0.2, 0) is 6.42 Å². The van der Waals surface area contributed by atoms with Crippen LogP contribution in [0.4, 0.5) is 8.78 Å². The number of alkyl halides is 2. The lowest BCUT2D eigenvalue weighted by molar-refractivity contribution is -0.0498. The molecule has 0 N–H and O–H groups in total. The Morgan fingerprint density at radius 2 is 2.23 bits per heavy atom. The van der Waals surface area contributed by atoms with Crippen LogP contribution in [0.25, 0.3) is 0 Å². The number of ether oxygens (including phenoxy) is 1. The number of hydrogen-bond acceptors (Lipinski definition) is 1. The maximum Gasteiger partial charge on any atom is 0.387 e. The predicted molar refractivity (Wildman–Crippen MR) is 47.0 cm³/mol. The van der Waals surface area contributed by atoms with Crippen molar-refractivity contribution in [2.24, 2.45) is 0 Å². The summed E-state index contributed by atoms with van der Waals surface area (Å²) in [4.78, 5) is 0. The van der Waals surface area contributed by atoms with Gasteiger partial charge < -0.3 is 4.74 Å². The van der Waals surface area contributed by atoms with Crippen molar-refractivity contribution in [3.05, 3.63) is 42.5 Å². The summed E-state index contributed by atoms with van der Waals surface area (Å²) in [5, 5.41) is 0. The normalized spacial score (nSPS) is 10.1. The first-order valence-electron chi connectivity index (χ1n) is 3.87. The van der Waals surface area contributed by atoms with Crippen LogP contribution in [0.1, 0.15) is 5.56 Å². The minimum Gasteiger partial charge on any atom is -0.435 e. The van der Waals surface area contributed by atoms with E-state index in [-0.39, 0.29) is 5.75 Å². The molecule has 0 fully saturated rings. The highest BCUT2D eigenvalue weighted by Gasteiger charge is 2.03. The molecular formula is C10H10F2O. The van der Waals surface area contributed by atoms with E-state index >= 15 is 0 Å². The highest BCUT2D eigenvalue weighted by Crippen LogP contribution is 2.16. The first-order chi connectivity index (χ1) is 6.22. The van der Waals surface area contributed by atoms with Crippen LogP contribution in [0.15, 0.2) is 36.9 Å². The van der Waals surface area contributed by atoms with E-state index in [0.29, 0.717) is 6.42 Å². The predicted octanol–water partition coefficient (Wildman–Crippen LogP) is 3.02. The Labute approximate surface area is 75.6 Å². The van der Waals surface area contributed by atoms with Gasteiger partial charge in [-0.3, -0.25) is 0 Å². The lowest BCUT2D eigenvalue weighted by Crippen LogP contribution is -2.01. The molecule has 0 atom stereocenters. The highest BCUT2D eigenvalue weighted by atomic mass is 19.3. The van der Waals surface area contributed by atoms with Crippen molar-refractivity contribution in [1.82, 2.24) is 0 Å². The van der Waals surface area contributed by atoms with Crippen LogP contribution >= 0.6 is 0 Å². The minimum atomic E-state index is -2.76. The van der Waals surface area contributed by atoms with Gasteiger partial charge in [-0.1, -0.05) is 18.2 Å². The van der Waals surface area contributed by atoms with E-state index in [2.05, 4.69) is 11.3 Å². The first kappa shape index (κ1) is 9.71. The molecule has 1 aromatic rings. The van der Waals surface area contributed by atoms with Gasteiger partial charge in [0.25, 0.3) is 0 Å². The van der Waals surface area contributed by atoms with Gasteiger partial charge in [0.15, 0.2) is 0 Å². The van der Waals surface area contributed by atoms with Crippen molar-refractivity contribution < 1.29 is 13.5 Å². The van der Waals surface area contributed by atoms with Gasteiger partial charge in [0.1, 0.15) is 5.75 Å². The second-order valence-corrected chi connectivity index (χ2v) is 2.52. The van der Waals surface area contributed by atoms with Crippen molar-refractivity contribution in [1.29, 1.82) is 0 Å². The van der Waals surface area contributed by atoms with E-state index < -0.39 is 6.61 Å². The molecule has 3 heteroatoms. The molecule has 1 aromatic carbocycles. The summed E-state index contributed by atoms with van der Waals surface area (Å²) in [6.45, 7) is 0.793. The van der Waals surface area contributed by atoms with Crippen LogP contribution in [0.3, 0.4) is 0 Å². The summed E-state index contributed by atoms with van der Waals surface area (Å²) in [7, 11) is 0. The van der Waals surface area contributed by atoms with Crippen LogP contribution in [0.5, 0.6) is 5.75 Å². The van der Waals surface area contributed by atoms with Gasteiger partial charge in [-0.05, 0) is 24.1 Å². The van der Waals surface area contributed by atoms with Gasteiger partial charge in [0.2, 0.25) is 0 Å². The van der Waals surface area contributed by atoms with E-state index in [0.717, 1.165) is 5.56 Å². The molecule has 0 aromatic heterocycles. The Bertz CT molecular complexity index is 284. The van der Waals surface area contributed by atoms with Crippen LogP contribution < -0.4 is 4.74 Å². The Morgan fingerprint density at radius 1 is 1.46 bits per heavy atom. The van der Waals surface area contributed by atoms with Gasteiger partial charge in [-0.25, -0.2) is 0 Å². The van der Waals surface area contributed by atoms with Gasteiger partial charge in [-0.15, -0.1) is 6.58 Å². The second kappa shape index (κ2) is 4.60. The van der Waals surface area contributed by atoms with E-state index in [1.54, 1.807) is 18.2 Å². The average Bonchev–Trinajstić information content (AvgIpc) is 2.04. The molecular weight excluding hydrogens is 174 g/mol. The molecule has 0 spiro atoms. The van der Waals surface area contributed by atoms with E-state index in [1.807, 2.05) is 6.07 Å². The molecule has 1 rings (SSSR count). The maximum absolute atomic E-state index is 11.8. The zero-order chi connectivity index (χ0) is 9.68. The third kappa shape index (κ3) is 3.23. The van der Waals surface area contributed by atoms with Crippen LogP contribution in [0, 0.1) is 0 Å². The minimum absolute atomic E-state index is 0.189. The quantitative estimate of drug-likeness (QED) is 0.653. The largest absolute Gasteiger partial charge is 0.435 e. The summed E-state index contributed by atoms with van der Waals surface area (Å²) < 4.78 is 27.8. The number of benzene rings is 1. The Morgan fingerprint density at radius 3 is 2.85 bits per heavy atom. The number of halogens is 2. The van der Waals surface area contributed by atoms with Crippen molar-refractivity contribution in [3.8, 4) is 5.75 Å². The summed E-state index contributed by atoms with van der Waals surface area (Å²) in [5.41, 5.74) is 0.910. The topological polar surface area (TPSA) is 9.23 Å². The fourth-order valence-electron chi connectivity index (χ4n) is 1.02.